The Morgan fingerprint density at radius 3 is 2.82 bits per heavy atom. The van der Waals surface area contributed by atoms with Crippen LogP contribution in [0, 0.1) is 55.4 Å². The Morgan fingerprint density at radius 2 is 2.09 bits per heavy atom. The largest absolute Gasteiger partial charge is 0.662 e. The average molecular weight is 514 g/mol. The second kappa shape index (κ2) is 8.52. The number of benzene rings is 1. The maximum Gasteiger partial charge on any atom is 0.188 e. The molecule has 117 valence electrons. The van der Waals surface area contributed by atoms with Crippen molar-refractivity contribution in [2.75, 3.05) is 26.2 Å². The Bertz CT molecular complexity index is 517. The number of nitrogens with zero attached hydrogens (tertiary/aromatic N) is 2. The molecule has 0 bridgehead atoms. The van der Waals surface area contributed by atoms with Gasteiger partial charge in [-0.05, 0) is 35.6 Å². The van der Waals surface area contributed by atoms with Crippen LogP contribution in [0.1, 0.15) is 24.0 Å². The molecule has 0 unspecified atom stereocenters. The minimum atomic E-state index is 0. The summed E-state index contributed by atoms with van der Waals surface area (Å²) in [4.78, 5) is 1.90. The summed E-state index contributed by atoms with van der Waals surface area (Å²) >= 11 is 0. The van der Waals surface area contributed by atoms with Gasteiger partial charge in [-0.2, -0.15) is 0 Å². The molecule has 1 saturated heterocycles. The molecular formula is C16H23AcN4O-. The maximum absolute atomic E-state index is 7.56. The second-order valence-electron chi connectivity index (χ2n) is 5.91. The predicted octanol–water partition coefficient (Wildman–Crippen LogP) is 2.10. The van der Waals surface area contributed by atoms with Gasteiger partial charge in [0.05, 0.1) is 6.61 Å². The van der Waals surface area contributed by atoms with Gasteiger partial charge in [-0.1, -0.05) is 18.9 Å². The fraction of sp³-hybridized carbons (Fsp3) is 0.562. The molecule has 1 fully saturated rings. The number of hydrogen-bond donors (Lipinski definition) is 2. The third-order valence-corrected chi connectivity index (χ3v) is 4.41. The van der Waals surface area contributed by atoms with E-state index in [1.54, 1.807) is 0 Å². The van der Waals surface area contributed by atoms with Gasteiger partial charge in [0.15, 0.2) is 5.96 Å². The van der Waals surface area contributed by atoms with Gasteiger partial charge in [-0.3, -0.25) is 5.41 Å². The Hall–Kier alpha value is -0.308. The van der Waals surface area contributed by atoms with Crippen LogP contribution in [-0.2, 0) is 13.0 Å². The molecule has 3 rings (SSSR count). The molecule has 0 amide bonds. The van der Waals surface area contributed by atoms with E-state index in [2.05, 4.69) is 23.5 Å². The van der Waals surface area contributed by atoms with E-state index in [1.165, 1.54) is 11.1 Å². The van der Waals surface area contributed by atoms with Gasteiger partial charge in [-0.25, -0.2) is 0 Å². The fourth-order valence-electron chi connectivity index (χ4n) is 3.01. The summed E-state index contributed by atoms with van der Waals surface area (Å²) in [7, 11) is 0. The molecule has 1 radical (unpaired) electrons. The number of ether oxygens (including phenoxy) is 1. The van der Waals surface area contributed by atoms with Gasteiger partial charge >= 0.3 is 0 Å². The number of rotatable bonds is 3. The minimum absolute atomic E-state index is 0. The number of piperidine rings is 1. The van der Waals surface area contributed by atoms with E-state index >= 15 is 0 Å². The van der Waals surface area contributed by atoms with Crippen molar-refractivity contribution in [2.24, 2.45) is 11.7 Å². The number of guanidine groups is 1. The van der Waals surface area contributed by atoms with Crippen LogP contribution >= 0.6 is 0 Å². The molecule has 6 heteroatoms. The quantitative estimate of drug-likeness (QED) is 0.480. The standard InChI is InChI=1S/C16H23N4O.Ac/c17-16(18)20-8-5-13-1-2-15(9-14(13)10-20)21-11-12-3-6-19-7-4-12;/h1-2,9,12H,3-8,10-11H2,(H3,17,18);/q-1;. The maximum atomic E-state index is 7.56. The van der Waals surface area contributed by atoms with Crippen LogP contribution < -0.4 is 10.5 Å². The van der Waals surface area contributed by atoms with Crippen molar-refractivity contribution in [3.05, 3.63) is 34.6 Å². The summed E-state index contributed by atoms with van der Waals surface area (Å²) in [5.74, 6) is 1.71. The molecule has 5 nitrogen and oxygen atoms in total. The molecule has 1 aromatic carbocycles. The Balaban J connectivity index is 0.00000176. The normalized spacial score (nSPS) is 18.3. The van der Waals surface area contributed by atoms with Crippen LogP contribution in [0.2, 0.25) is 0 Å². The Kier molecular flexibility index (Phi) is 6.98. The van der Waals surface area contributed by atoms with Crippen molar-refractivity contribution in [1.29, 1.82) is 5.41 Å². The molecule has 3 N–H and O–H groups in total. The molecule has 0 atom stereocenters. The van der Waals surface area contributed by atoms with E-state index in [-0.39, 0.29) is 50.0 Å². The summed E-state index contributed by atoms with van der Waals surface area (Å²) in [6.07, 6.45) is 3.23. The number of fused-ring (bicyclic) bond motifs is 1. The first kappa shape index (κ1) is 18.0. The summed E-state index contributed by atoms with van der Waals surface area (Å²) in [6, 6.07) is 6.32. The molecule has 2 aliphatic rings. The summed E-state index contributed by atoms with van der Waals surface area (Å²) in [5.41, 5.74) is 8.16. The van der Waals surface area contributed by atoms with Crippen LogP contribution in [0.15, 0.2) is 18.2 Å². The zero-order chi connectivity index (χ0) is 14.7. The van der Waals surface area contributed by atoms with E-state index in [4.69, 9.17) is 15.9 Å². The first-order chi connectivity index (χ1) is 10.2. The van der Waals surface area contributed by atoms with E-state index in [0.717, 1.165) is 51.3 Å². The van der Waals surface area contributed by atoms with Crippen LogP contribution in [-0.4, -0.2) is 37.1 Å². The first-order valence-corrected chi connectivity index (χ1v) is 7.69. The topological polar surface area (TPSA) is 76.4 Å². The predicted molar refractivity (Wildman–Crippen MR) is 83.8 cm³/mol. The number of nitrogens with two attached hydrogens (primary N) is 1. The van der Waals surface area contributed by atoms with Gasteiger partial charge in [0.25, 0.3) is 0 Å². The van der Waals surface area contributed by atoms with Crippen molar-refractivity contribution in [2.45, 2.75) is 25.8 Å². The van der Waals surface area contributed by atoms with Crippen LogP contribution in [0.3, 0.4) is 0 Å². The molecule has 2 aliphatic heterocycles. The third-order valence-electron chi connectivity index (χ3n) is 4.41. The smallest absolute Gasteiger partial charge is 0.188 e. The molecule has 0 saturated carbocycles. The van der Waals surface area contributed by atoms with Crippen molar-refractivity contribution in [3.63, 3.8) is 0 Å². The monoisotopic (exact) mass is 514 g/mol. The second-order valence-corrected chi connectivity index (χ2v) is 5.91. The van der Waals surface area contributed by atoms with Crippen LogP contribution in [0.4, 0.5) is 0 Å². The molecule has 1 aromatic rings. The fourth-order valence-corrected chi connectivity index (χ4v) is 3.01. The van der Waals surface area contributed by atoms with Gasteiger partial charge in [0.1, 0.15) is 5.75 Å². The van der Waals surface area contributed by atoms with Gasteiger partial charge in [0, 0.05) is 57.2 Å². The SMILES string of the molecule is N=C(N)N1CCc2ccc(OCC3CC[N-]CC3)cc2C1.[Ac]. The average Bonchev–Trinajstić information content (AvgIpc) is 2.53. The zero-order valence-corrected chi connectivity index (χ0v) is 17.7. The number of hydrogen-bond acceptors (Lipinski definition) is 2. The van der Waals surface area contributed by atoms with Crippen LogP contribution in [0.25, 0.3) is 5.32 Å². The summed E-state index contributed by atoms with van der Waals surface area (Å²) in [5, 5.41) is 11.9. The van der Waals surface area contributed by atoms with Crippen molar-refractivity contribution in [3.8, 4) is 5.75 Å². The van der Waals surface area contributed by atoms with Crippen LogP contribution in [0.5, 0.6) is 5.75 Å². The Labute approximate surface area is 168 Å². The van der Waals surface area contributed by atoms with E-state index in [1.807, 2.05) is 4.90 Å². The molecule has 0 aromatic heterocycles. The van der Waals surface area contributed by atoms with Crippen molar-refractivity contribution in [1.82, 2.24) is 4.90 Å². The molecule has 0 spiro atoms. The molecule has 0 aliphatic carbocycles. The molecular weight excluding hydrogens is 491 g/mol. The van der Waals surface area contributed by atoms with E-state index < -0.39 is 0 Å². The van der Waals surface area contributed by atoms with E-state index in [9.17, 15) is 0 Å². The van der Waals surface area contributed by atoms with Gasteiger partial charge in [0.2, 0.25) is 0 Å². The van der Waals surface area contributed by atoms with Crippen molar-refractivity contribution >= 4 is 5.96 Å². The molecule has 2 heterocycles. The number of nitrogens with one attached hydrogen (secondary N) is 1. The third kappa shape index (κ3) is 4.60. The summed E-state index contributed by atoms with van der Waals surface area (Å²) < 4.78 is 5.96. The minimum Gasteiger partial charge on any atom is -0.662 e. The Morgan fingerprint density at radius 1 is 1.32 bits per heavy atom. The molecule has 22 heavy (non-hydrogen) atoms. The van der Waals surface area contributed by atoms with Gasteiger partial charge in [-0.15, -0.1) is 13.1 Å². The van der Waals surface area contributed by atoms with E-state index in [0.29, 0.717) is 12.5 Å². The summed E-state index contributed by atoms with van der Waals surface area (Å²) in [6.45, 7) is 4.28. The van der Waals surface area contributed by atoms with Crippen molar-refractivity contribution < 1.29 is 48.8 Å². The van der Waals surface area contributed by atoms with Gasteiger partial charge < -0.3 is 20.7 Å². The zero-order valence-electron chi connectivity index (χ0n) is 12.9. The first-order valence-electron chi connectivity index (χ1n) is 7.69.